The maximum Gasteiger partial charge on any atom is 0.169 e. The molecule has 1 aliphatic rings. The molecule has 114 valence electrons. The molecule has 0 bridgehead atoms. The van der Waals surface area contributed by atoms with E-state index in [2.05, 4.69) is 10.2 Å². The number of hydrogen-bond acceptors (Lipinski definition) is 4. The molecule has 0 aromatic heterocycles. The normalized spacial score (nSPS) is 17.4. The highest BCUT2D eigenvalue weighted by Crippen LogP contribution is 2.30. The lowest BCUT2D eigenvalue weighted by molar-refractivity contribution is 0.138. The first-order valence-corrected chi connectivity index (χ1v) is 6.66. The van der Waals surface area contributed by atoms with E-state index in [1.165, 1.54) is 7.11 Å². The van der Waals surface area contributed by atoms with Crippen LogP contribution in [0.15, 0.2) is 18.2 Å². The van der Waals surface area contributed by atoms with Gasteiger partial charge >= 0.3 is 0 Å². The first kappa shape index (κ1) is 17.2. The largest absolute Gasteiger partial charge is 0.494 e. The number of rotatable bonds is 5. The highest BCUT2D eigenvalue weighted by atomic mass is 35.5. The zero-order valence-electron chi connectivity index (χ0n) is 11.6. The van der Waals surface area contributed by atoms with Crippen molar-refractivity contribution < 1.29 is 14.2 Å². The summed E-state index contributed by atoms with van der Waals surface area (Å²) < 4.78 is 19.4. The van der Waals surface area contributed by atoms with E-state index in [4.69, 9.17) is 4.74 Å². The van der Waals surface area contributed by atoms with E-state index in [9.17, 15) is 9.50 Å². The maximum atomic E-state index is 14.4. The second kappa shape index (κ2) is 8.42. The van der Waals surface area contributed by atoms with Gasteiger partial charge in [0.25, 0.3) is 0 Å². The molecule has 1 heterocycles. The topological polar surface area (TPSA) is 44.7 Å². The van der Waals surface area contributed by atoms with Gasteiger partial charge in [0.2, 0.25) is 0 Å². The minimum Gasteiger partial charge on any atom is -0.494 e. The van der Waals surface area contributed by atoms with Crippen molar-refractivity contribution in [3.63, 3.8) is 0 Å². The standard InChI is InChI=1S/C14H21FN2O2.ClH/c1-19-13-4-2-3-11(14(13)15)12(5-10-18)17-8-6-16-7-9-17;/h2-4,12,16,18H,5-10H2,1H3;1H/t12-;/m1./s1. The highest BCUT2D eigenvalue weighted by molar-refractivity contribution is 5.85. The number of nitrogens with zero attached hydrogens (tertiary/aromatic N) is 1. The van der Waals surface area contributed by atoms with Gasteiger partial charge in [0.05, 0.1) is 7.11 Å². The first-order valence-electron chi connectivity index (χ1n) is 6.66. The Morgan fingerprint density at radius 2 is 2.10 bits per heavy atom. The van der Waals surface area contributed by atoms with Crippen molar-refractivity contribution >= 4 is 12.4 Å². The molecular formula is C14H22ClFN2O2. The zero-order chi connectivity index (χ0) is 13.7. The van der Waals surface area contributed by atoms with E-state index >= 15 is 0 Å². The molecule has 20 heavy (non-hydrogen) atoms. The lowest BCUT2D eigenvalue weighted by Crippen LogP contribution is -2.45. The molecule has 1 aromatic rings. The lowest BCUT2D eigenvalue weighted by atomic mass is 10.0. The molecule has 2 N–H and O–H groups in total. The predicted octanol–water partition coefficient (Wildman–Crippen LogP) is 1.58. The van der Waals surface area contributed by atoms with Gasteiger partial charge in [-0.1, -0.05) is 12.1 Å². The zero-order valence-corrected chi connectivity index (χ0v) is 12.5. The number of piperazine rings is 1. The maximum absolute atomic E-state index is 14.4. The van der Waals surface area contributed by atoms with Gasteiger partial charge in [0, 0.05) is 44.4 Å². The third-order valence-electron chi connectivity index (χ3n) is 3.57. The Kier molecular flexibility index (Phi) is 7.23. The molecule has 0 amide bonds. The van der Waals surface area contributed by atoms with Crippen molar-refractivity contribution in [3.05, 3.63) is 29.6 Å². The van der Waals surface area contributed by atoms with Crippen LogP contribution in [0.5, 0.6) is 5.75 Å². The van der Waals surface area contributed by atoms with E-state index in [1.807, 2.05) is 0 Å². The van der Waals surface area contributed by atoms with Crippen LogP contribution in [0.2, 0.25) is 0 Å². The molecule has 4 nitrogen and oxygen atoms in total. The summed E-state index contributed by atoms with van der Waals surface area (Å²) in [6.07, 6.45) is 0.532. The summed E-state index contributed by atoms with van der Waals surface area (Å²) in [5.74, 6) is -0.0578. The number of methoxy groups -OCH3 is 1. The summed E-state index contributed by atoms with van der Waals surface area (Å²) >= 11 is 0. The van der Waals surface area contributed by atoms with Crippen LogP contribution in [0.3, 0.4) is 0 Å². The number of benzene rings is 1. The van der Waals surface area contributed by atoms with Gasteiger partial charge in [-0.15, -0.1) is 12.4 Å². The number of aliphatic hydroxyl groups is 1. The predicted molar refractivity (Wildman–Crippen MR) is 79.1 cm³/mol. The summed E-state index contributed by atoms with van der Waals surface area (Å²) in [6, 6.07) is 5.10. The van der Waals surface area contributed by atoms with Crippen LogP contribution >= 0.6 is 12.4 Å². The third-order valence-corrected chi connectivity index (χ3v) is 3.57. The molecule has 1 saturated heterocycles. The molecule has 6 heteroatoms. The molecule has 1 fully saturated rings. The van der Waals surface area contributed by atoms with Gasteiger partial charge in [-0.2, -0.15) is 0 Å². The van der Waals surface area contributed by atoms with Gasteiger partial charge in [0.15, 0.2) is 11.6 Å². The summed E-state index contributed by atoms with van der Waals surface area (Å²) in [4.78, 5) is 2.21. The lowest BCUT2D eigenvalue weighted by Gasteiger charge is -2.35. The molecule has 0 unspecified atom stereocenters. The number of aliphatic hydroxyl groups excluding tert-OH is 1. The average molecular weight is 305 g/mol. The smallest absolute Gasteiger partial charge is 0.169 e. The Hall–Kier alpha value is -0.880. The number of ether oxygens (including phenoxy) is 1. The van der Waals surface area contributed by atoms with Gasteiger partial charge in [-0.05, 0) is 12.5 Å². The Morgan fingerprint density at radius 1 is 1.40 bits per heavy atom. The molecule has 0 saturated carbocycles. The average Bonchev–Trinajstić information content (AvgIpc) is 2.46. The first-order chi connectivity index (χ1) is 9.27. The summed E-state index contributed by atoms with van der Waals surface area (Å²) in [5, 5.41) is 12.5. The molecule has 0 radical (unpaired) electrons. The summed E-state index contributed by atoms with van der Waals surface area (Å²) in [5.41, 5.74) is 0.607. The SMILES string of the molecule is COc1cccc([C@@H](CCO)N2CCNCC2)c1F.Cl. The van der Waals surface area contributed by atoms with Crippen molar-refractivity contribution in [1.29, 1.82) is 0 Å². The number of halogens is 2. The second-order valence-corrected chi connectivity index (χ2v) is 4.68. The summed E-state index contributed by atoms with van der Waals surface area (Å²) in [7, 11) is 1.47. The van der Waals surface area contributed by atoms with E-state index < -0.39 is 0 Å². The van der Waals surface area contributed by atoms with E-state index in [1.54, 1.807) is 18.2 Å². The van der Waals surface area contributed by atoms with Crippen LogP contribution in [-0.2, 0) is 0 Å². The third kappa shape index (κ3) is 3.82. The Labute approximate surface area is 125 Å². The summed E-state index contributed by atoms with van der Waals surface area (Å²) in [6.45, 7) is 3.56. The van der Waals surface area contributed by atoms with Crippen molar-refractivity contribution in [3.8, 4) is 5.75 Å². The molecule has 2 rings (SSSR count). The van der Waals surface area contributed by atoms with Crippen molar-refractivity contribution in [2.75, 3.05) is 39.9 Å². The van der Waals surface area contributed by atoms with Gasteiger partial charge in [-0.25, -0.2) is 4.39 Å². The van der Waals surface area contributed by atoms with Crippen LogP contribution in [0.4, 0.5) is 4.39 Å². The monoisotopic (exact) mass is 304 g/mol. The fourth-order valence-corrected chi connectivity index (χ4v) is 2.59. The van der Waals surface area contributed by atoms with Crippen LogP contribution in [0, 0.1) is 5.82 Å². The van der Waals surface area contributed by atoms with Crippen molar-refractivity contribution in [2.45, 2.75) is 12.5 Å². The van der Waals surface area contributed by atoms with Gasteiger partial charge in [0.1, 0.15) is 0 Å². The number of hydrogen-bond donors (Lipinski definition) is 2. The molecule has 1 aromatic carbocycles. The van der Waals surface area contributed by atoms with Crippen LogP contribution in [-0.4, -0.2) is 49.9 Å². The molecule has 0 spiro atoms. The van der Waals surface area contributed by atoms with Crippen LogP contribution < -0.4 is 10.1 Å². The second-order valence-electron chi connectivity index (χ2n) is 4.68. The van der Waals surface area contributed by atoms with Gasteiger partial charge in [-0.3, -0.25) is 4.90 Å². The Morgan fingerprint density at radius 3 is 2.70 bits per heavy atom. The van der Waals surface area contributed by atoms with E-state index in [0.717, 1.165) is 26.2 Å². The van der Waals surface area contributed by atoms with E-state index in [0.29, 0.717) is 12.0 Å². The van der Waals surface area contributed by atoms with Crippen molar-refractivity contribution in [1.82, 2.24) is 10.2 Å². The van der Waals surface area contributed by atoms with Crippen LogP contribution in [0.1, 0.15) is 18.0 Å². The fraction of sp³-hybridized carbons (Fsp3) is 0.571. The van der Waals surface area contributed by atoms with Gasteiger partial charge < -0.3 is 15.2 Å². The minimum absolute atomic E-state index is 0. The highest BCUT2D eigenvalue weighted by Gasteiger charge is 2.25. The Bertz CT molecular complexity index is 414. The minimum atomic E-state index is -0.318. The molecule has 0 aliphatic carbocycles. The molecule has 1 atom stereocenters. The number of nitrogens with one attached hydrogen (secondary N) is 1. The quantitative estimate of drug-likeness (QED) is 0.867. The molecule has 1 aliphatic heterocycles. The Balaban J connectivity index is 0.00000200. The molecular weight excluding hydrogens is 283 g/mol. The van der Waals surface area contributed by atoms with Crippen molar-refractivity contribution in [2.24, 2.45) is 0 Å². The van der Waals surface area contributed by atoms with Crippen LogP contribution in [0.25, 0.3) is 0 Å². The fourth-order valence-electron chi connectivity index (χ4n) is 2.59. The van der Waals surface area contributed by atoms with E-state index in [-0.39, 0.29) is 36.6 Å².